The van der Waals surface area contributed by atoms with Crippen molar-refractivity contribution >= 4 is 17.5 Å². The van der Waals surface area contributed by atoms with Gasteiger partial charge in [0.2, 0.25) is 5.91 Å². The summed E-state index contributed by atoms with van der Waals surface area (Å²) >= 11 is 0. The van der Waals surface area contributed by atoms with Gasteiger partial charge in [0.1, 0.15) is 0 Å². The Morgan fingerprint density at radius 3 is 2.27 bits per heavy atom. The maximum absolute atomic E-state index is 12.3. The number of allylic oxidation sites excluding steroid dienone is 4. The highest BCUT2D eigenvalue weighted by Gasteiger charge is 2.28. The van der Waals surface area contributed by atoms with E-state index in [0.717, 1.165) is 0 Å². The van der Waals surface area contributed by atoms with Crippen molar-refractivity contribution in [3.63, 3.8) is 0 Å². The normalized spacial score (nSPS) is 17.1. The van der Waals surface area contributed by atoms with Gasteiger partial charge in [-0.05, 0) is 40.0 Å². The van der Waals surface area contributed by atoms with Gasteiger partial charge in [-0.3, -0.25) is 14.4 Å². The number of aliphatic hydroxyl groups excluding tert-OH is 1. The van der Waals surface area contributed by atoms with Crippen LogP contribution in [0.25, 0.3) is 0 Å². The SMILES string of the molecule is CC1=C(C)C(=O)C(CCC(C)C(=O)NCCCO)=C(C)C1=O. The first kappa shape index (κ1) is 18.3. The number of carbonyl (C=O) groups is 3. The van der Waals surface area contributed by atoms with Crippen LogP contribution in [0.2, 0.25) is 0 Å². The molecule has 0 saturated carbocycles. The molecule has 2 N–H and O–H groups in total. The molecule has 0 bridgehead atoms. The lowest BCUT2D eigenvalue weighted by Crippen LogP contribution is -2.30. The van der Waals surface area contributed by atoms with Crippen molar-refractivity contribution in [1.82, 2.24) is 5.32 Å². The molecule has 1 amide bonds. The number of Topliss-reactive ketones (excluding diaryl/α,β-unsaturated/α-hetero) is 2. The first-order valence-electron chi connectivity index (χ1n) is 7.66. The summed E-state index contributed by atoms with van der Waals surface area (Å²) in [6.07, 6.45) is 1.47. The minimum Gasteiger partial charge on any atom is -0.396 e. The Kier molecular flexibility index (Phi) is 6.68. The van der Waals surface area contributed by atoms with E-state index in [1.54, 1.807) is 27.7 Å². The van der Waals surface area contributed by atoms with Gasteiger partial charge in [-0.15, -0.1) is 0 Å². The molecule has 1 aliphatic rings. The second-order valence-electron chi connectivity index (χ2n) is 5.82. The van der Waals surface area contributed by atoms with Crippen LogP contribution in [0.15, 0.2) is 22.3 Å². The van der Waals surface area contributed by atoms with Gasteiger partial charge in [0.25, 0.3) is 0 Å². The third-order valence-corrected chi connectivity index (χ3v) is 4.22. The Morgan fingerprint density at radius 1 is 1.09 bits per heavy atom. The number of nitrogens with one attached hydrogen (secondary N) is 1. The molecule has 5 nitrogen and oxygen atoms in total. The van der Waals surface area contributed by atoms with Crippen molar-refractivity contribution in [2.75, 3.05) is 13.2 Å². The number of hydrogen-bond donors (Lipinski definition) is 2. The van der Waals surface area contributed by atoms with Gasteiger partial charge < -0.3 is 10.4 Å². The lowest BCUT2D eigenvalue weighted by Gasteiger charge is -2.19. The molecule has 1 unspecified atom stereocenters. The van der Waals surface area contributed by atoms with Crippen LogP contribution in [0, 0.1) is 5.92 Å². The maximum atomic E-state index is 12.3. The van der Waals surface area contributed by atoms with Crippen molar-refractivity contribution in [3.05, 3.63) is 22.3 Å². The van der Waals surface area contributed by atoms with Crippen LogP contribution >= 0.6 is 0 Å². The molecule has 0 aromatic carbocycles. The van der Waals surface area contributed by atoms with Crippen LogP contribution in [0.3, 0.4) is 0 Å². The van der Waals surface area contributed by atoms with Crippen LogP contribution in [-0.2, 0) is 14.4 Å². The van der Waals surface area contributed by atoms with E-state index in [4.69, 9.17) is 5.11 Å². The summed E-state index contributed by atoms with van der Waals surface area (Å²) in [7, 11) is 0. The Morgan fingerprint density at radius 2 is 1.68 bits per heavy atom. The van der Waals surface area contributed by atoms with Gasteiger partial charge in [0.15, 0.2) is 11.6 Å². The second kappa shape index (κ2) is 8.03. The van der Waals surface area contributed by atoms with Crippen molar-refractivity contribution in [2.45, 2.75) is 47.0 Å². The highest BCUT2D eigenvalue weighted by atomic mass is 16.3. The topological polar surface area (TPSA) is 83.5 Å². The zero-order chi connectivity index (χ0) is 16.9. The standard InChI is InChI=1S/C17H25NO4/c1-10(17(22)18-8-5-9-19)6-7-14-13(4)15(20)11(2)12(3)16(14)21/h10,19H,5-9H2,1-4H3,(H,18,22). The van der Waals surface area contributed by atoms with Crippen molar-refractivity contribution in [1.29, 1.82) is 0 Å². The second-order valence-corrected chi connectivity index (χ2v) is 5.82. The minimum absolute atomic E-state index is 0.0440. The van der Waals surface area contributed by atoms with Crippen LogP contribution in [0.4, 0.5) is 0 Å². The van der Waals surface area contributed by atoms with E-state index in [0.29, 0.717) is 48.1 Å². The highest BCUT2D eigenvalue weighted by Crippen LogP contribution is 2.28. The fourth-order valence-corrected chi connectivity index (χ4v) is 2.41. The quantitative estimate of drug-likeness (QED) is 0.554. The molecule has 0 heterocycles. The van der Waals surface area contributed by atoms with Gasteiger partial charge >= 0.3 is 0 Å². The molecule has 0 radical (unpaired) electrons. The summed E-state index contributed by atoms with van der Waals surface area (Å²) in [6.45, 7) is 7.31. The highest BCUT2D eigenvalue weighted by molar-refractivity contribution is 6.24. The number of rotatable bonds is 7. The van der Waals surface area contributed by atoms with Gasteiger partial charge in [-0.25, -0.2) is 0 Å². The van der Waals surface area contributed by atoms with Gasteiger partial charge in [-0.1, -0.05) is 6.92 Å². The van der Waals surface area contributed by atoms with E-state index in [9.17, 15) is 14.4 Å². The molecule has 0 aromatic rings. The molecule has 1 atom stereocenters. The average molecular weight is 307 g/mol. The third kappa shape index (κ3) is 4.13. The van der Waals surface area contributed by atoms with E-state index in [1.165, 1.54) is 0 Å². The summed E-state index contributed by atoms with van der Waals surface area (Å²) in [4.78, 5) is 36.2. The third-order valence-electron chi connectivity index (χ3n) is 4.22. The predicted octanol–water partition coefficient (Wildman–Crippen LogP) is 1.71. The molecule has 5 heteroatoms. The fourth-order valence-electron chi connectivity index (χ4n) is 2.41. The summed E-state index contributed by atoms with van der Waals surface area (Å²) < 4.78 is 0. The van der Waals surface area contributed by atoms with Crippen LogP contribution in [0.5, 0.6) is 0 Å². The Labute approximate surface area is 131 Å². The van der Waals surface area contributed by atoms with Gasteiger partial charge in [-0.2, -0.15) is 0 Å². The predicted molar refractivity (Wildman–Crippen MR) is 84.2 cm³/mol. The van der Waals surface area contributed by atoms with E-state index >= 15 is 0 Å². The van der Waals surface area contributed by atoms with E-state index in [-0.39, 0.29) is 30.0 Å². The average Bonchev–Trinajstić information content (AvgIpc) is 2.50. The fraction of sp³-hybridized carbons (Fsp3) is 0.588. The van der Waals surface area contributed by atoms with E-state index in [1.807, 2.05) is 0 Å². The summed E-state index contributed by atoms with van der Waals surface area (Å²) in [6, 6.07) is 0. The zero-order valence-electron chi connectivity index (χ0n) is 13.8. The lowest BCUT2D eigenvalue weighted by molar-refractivity contribution is -0.124. The molecular formula is C17H25NO4. The molecule has 122 valence electrons. The molecule has 22 heavy (non-hydrogen) atoms. The monoisotopic (exact) mass is 307 g/mol. The number of amides is 1. The Hall–Kier alpha value is -1.75. The molecule has 0 aliphatic heterocycles. The number of carbonyl (C=O) groups excluding carboxylic acids is 3. The van der Waals surface area contributed by atoms with Crippen LogP contribution in [0.1, 0.15) is 47.0 Å². The molecule has 1 aliphatic carbocycles. The van der Waals surface area contributed by atoms with Crippen molar-refractivity contribution in [2.24, 2.45) is 5.92 Å². The Bertz CT molecular complexity index is 543. The van der Waals surface area contributed by atoms with Gasteiger partial charge in [0.05, 0.1) is 0 Å². The summed E-state index contributed by atoms with van der Waals surface area (Å²) in [5.41, 5.74) is 2.05. The largest absolute Gasteiger partial charge is 0.396 e. The smallest absolute Gasteiger partial charge is 0.222 e. The first-order valence-corrected chi connectivity index (χ1v) is 7.66. The Balaban J connectivity index is 2.66. The molecule has 1 rings (SSSR count). The number of aliphatic hydroxyl groups is 1. The first-order chi connectivity index (χ1) is 10.3. The lowest BCUT2D eigenvalue weighted by atomic mass is 9.83. The van der Waals surface area contributed by atoms with E-state index in [2.05, 4.69) is 5.32 Å². The van der Waals surface area contributed by atoms with Crippen molar-refractivity contribution in [3.8, 4) is 0 Å². The van der Waals surface area contributed by atoms with Crippen molar-refractivity contribution < 1.29 is 19.5 Å². The molecule has 0 saturated heterocycles. The molecular weight excluding hydrogens is 282 g/mol. The minimum atomic E-state index is -0.241. The number of hydrogen-bond acceptors (Lipinski definition) is 4. The molecule has 0 aromatic heterocycles. The van der Waals surface area contributed by atoms with E-state index < -0.39 is 0 Å². The van der Waals surface area contributed by atoms with Gasteiger partial charge in [0, 0.05) is 41.4 Å². The van der Waals surface area contributed by atoms with Crippen LogP contribution < -0.4 is 5.32 Å². The summed E-state index contributed by atoms with van der Waals surface area (Å²) in [5, 5.41) is 11.4. The summed E-state index contributed by atoms with van der Waals surface area (Å²) in [5.74, 6) is -0.492. The zero-order valence-corrected chi connectivity index (χ0v) is 13.8. The maximum Gasteiger partial charge on any atom is 0.222 e. The number of ketones is 2. The molecule has 0 fully saturated rings. The van der Waals surface area contributed by atoms with Crippen LogP contribution in [-0.4, -0.2) is 35.7 Å². The molecule has 0 spiro atoms.